The molecule has 0 atom stereocenters. The molecule has 0 aromatic heterocycles. The molecule has 1 fully saturated rings. The Morgan fingerprint density at radius 3 is 2.45 bits per heavy atom. The first-order valence-electron chi connectivity index (χ1n) is 4.82. The molecule has 11 heavy (non-hydrogen) atoms. The van der Waals surface area contributed by atoms with Gasteiger partial charge in [0.15, 0.2) is 0 Å². The minimum Gasteiger partial charge on any atom is -0.313 e. The van der Waals surface area contributed by atoms with Crippen LogP contribution in [0.2, 0.25) is 0 Å². The molecule has 0 aromatic carbocycles. The van der Waals surface area contributed by atoms with Crippen LogP contribution in [0.4, 0.5) is 0 Å². The van der Waals surface area contributed by atoms with Gasteiger partial charge in [-0.25, -0.2) is 0 Å². The Balaban J connectivity index is 2.46. The van der Waals surface area contributed by atoms with E-state index in [1.54, 1.807) is 6.21 Å². The summed E-state index contributed by atoms with van der Waals surface area (Å²) in [5.74, 6) is 0. The third kappa shape index (κ3) is 2.05. The maximum atomic E-state index is 7.15. The highest BCUT2D eigenvalue weighted by Crippen LogP contribution is 2.43. The van der Waals surface area contributed by atoms with E-state index in [0.29, 0.717) is 5.41 Å². The van der Waals surface area contributed by atoms with E-state index >= 15 is 0 Å². The van der Waals surface area contributed by atoms with Crippen LogP contribution in [0.3, 0.4) is 0 Å². The van der Waals surface area contributed by atoms with Gasteiger partial charge in [0.25, 0.3) is 0 Å². The largest absolute Gasteiger partial charge is 0.313 e. The summed E-state index contributed by atoms with van der Waals surface area (Å²) in [6, 6.07) is 0. The molecule has 1 heteroatoms. The van der Waals surface area contributed by atoms with Gasteiger partial charge in [0.1, 0.15) is 0 Å². The van der Waals surface area contributed by atoms with E-state index in [1.807, 2.05) is 0 Å². The minimum atomic E-state index is 0.552. The Bertz CT molecular complexity index is 123. The van der Waals surface area contributed by atoms with Gasteiger partial charge in [-0.15, -0.1) is 0 Å². The lowest BCUT2D eigenvalue weighted by molar-refractivity contribution is 0.283. The van der Waals surface area contributed by atoms with Crippen molar-refractivity contribution in [3.63, 3.8) is 0 Å². The van der Waals surface area contributed by atoms with Crippen molar-refractivity contribution in [2.45, 2.75) is 51.9 Å². The standard InChI is InChI=1S/C10H19N/c1-2-5-10(8-9-11)6-3-4-7-10/h9,11H,2-8H2,1H3. The lowest BCUT2D eigenvalue weighted by Gasteiger charge is -2.26. The molecule has 1 saturated carbocycles. The van der Waals surface area contributed by atoms with E-state index in [9.17, 15) is 0 Å². The van der Waals surface area contributed by atoms with Crippen LogP contribution in [-0.2, 0) is 0 Å². The molecule has 1 nitrogen and oxygen atoms in total. The third-order valence-electron chi connectivity index (χ3n) is 2.98. The van der Waals surface area contributed by atoms with E-state index < -0.39 is 0 Å². The average Bonchev–Trinajstić information content (AvgIpc) is 2.39. The third-order valence-corrected chi connectivity index (χ3v) is 2.98. The smallest absolute Gasteiger partial charge is 0.00422 e. The molecule has 0 aromatic rings. The second kappa shape index (κ2) is 3.89. The first-order valence-corrected chi connectivity index (χ1v) is 4.82. The fraction of sp³-hybridized carbons (Fsp3) is 0.900. The van der Waals surface area contributed by atoms with Crippen LogP contribution in [-0.4, -0.2) is 6.21 Å². The molecule has 0 saturated heterocycles. The first kappa shape index (κ1) is 8.76. The highest BCUT2D eigenvalue weighted by Gasteiger charge is 2.31. The summed E-state index contributed by atoms with van der Waals surface area (Å²) in [6.07, 6.45) is 10.8. The van der Waals surface area contributed by atoms with Gasteiger partial charge in [0.2, 0.25) is 0 Å². The Kier molecular flexibility index (Phi) is 3.10. The summed E-state index contributed by atoms with van der Waals surface area (Å²) in [4.78, 5) is 0. The van der Waals surface area contributed by atoms with Crippen molar-refractivity contribution in [1.82, 2.24) is 0 Å². The van der Waals surface area contributed by atoms with Gasteiger partial charge in [-0.05, 0) is 37.3 Å². The van der Waals surface area contributed by atoms with Crippen LogP contribution in [0.25, 0.3) is 0 Å². The molecular weight excluding hydrogens is 134 g/mol. The fourth-order valence-electron chi connectivity index (χ4n) is 2.43. The Hall–Kier alpha value is -0.330. The molecule has 0 heterocycles. The van der Waals surface area contributed by atoms with Crippen molar-refractivity contribution in [3.05, 3.63) is 0 Å². The predicted octanol–water partition coefficient (Wildman–Crippen LogP) is 3.39. The maximum absolute atomic E-state index is 7.15. The molecule has 1 aliphatic rings. The molecule has 1 rings (SSSR count). The predicted molar refractivity (Wildman–Crippen MR) is 49.2 cm³/mol. The van der Waals surface area contributed by atoms with Crippen LogP contribution in [0.5, 0.6) is 0 Å². The summed E-state index contributed by atoms with van der Waals surface area (Å²) in [6.45, 7) is 2.25. The average molecular weight is 153 g/mol. The highest BCUT2D eigenvalue weighted by atomic mass is 14.4. The zero-order valence-electron chi connectivity index (χ0n) is 7.53. The number of hydrogen-bond donors (Lipinski definition) is 1. The lowest BCUT2D eigenvalue weighted by atomic mass is 9.79. The van der Waals surface area contributed by atoms with E-state index in [1.165, 1.54) is 38.5 Å². The Morgan fingerprint density at radius 1 is 1.36 bits per heavy atom. The summed E-state index contributed by atoms with van der Waals surface area (Å²) in [5, 5.41) is 7.15. The van der Waals surface area contributed by atoms with E-state index in [0.717, 1.165) is 6.42 Å². The number of hydrogen-bond acceptors (Lipinski definition) is 1. The molecule has 0 aliphatic heterocycles. The molecule has 0 amide bonds. The Labute approximate surface area is 69.7 Å². The van der Waals surface area contributed by atoms with Crippen LogP contribution in [0, 0.1) is 10.8 Å². The van der Waals surface area contributed by atoms with Crippen LogP contribution in [0.15, 0.2) is 0 Å². The highest BCUT2D eigenvalue weighted by molar-refractivity contribution is 5.54. The quantitative estimate of drug-likeness (QED) is 0.599. The number of rotatable bonds is 4. The van der Waals surface area contributed by atoms with Gasteiger partial charge in [-0.2, -0.15) is 0 Å². The second-order valence-corrected chi connectivity index (χ2v) is 3.87. The molecular formula is C10H19N. The summed E-state index contributed by atoms with van der Waals surface area (Å²) >= 11 is 0. The molecule has 0 bridgehead atoms. The Morgan fingerprint density at radius 2 is 2.00 bits per heavy atom. The van der Waals surface area contributed by atoms with E-state index in [-0.39, 0.29) is 0 Å². The van der Waals surface area contributed by atoms with Crippen molar-refractivity contribution >= 4 is 6.21 Å². The van der Waals surface area contributed by atoms with Crippen molar-refractivity contribution < 1.29 is 0 Å². The van der Waals surface area contributed by atoms with Crippen molar-refractivity contribution in [2.75, 3.05) is 0 Å². The molecule has 0 radical (unpaired) electrons. The normalized spacial score (nSPS) is 21.9. The maximum Gasteiger partial charge on any atom is -0.00422 e. The second-order valence-electron chi connectivity index (χ2n) is 3.87. The first-order chi connectivity index (χ1) is 5.33. The summed E-state index contributed by atoms with van der Waals surface area (Å²) in [5.41, 5.74) is 0.552. The number of nitrogens with one attached hydrogen (secondary N) is 1. The van der Waals surface area contributed by atoms with E-state index in [2.05, 4.69) is 6.92 Å². The van der Waals surface area contributed by atoms with Crippen LogP contribution < -0.4 is 0 Å². The van der Waals surface area contributed by atoms with Crippen molar-refractivity contribution in [1.29, 1.82) is 5.41 Å². The van der Waals surface area contributed by atoms with Gasteiger partial charge in [0, 0.05) is 0 Å². The van der Waals surface area contributed by atoms with Crippen LogP contribution in [0.1, 0.15) is 51.9 Å². The molecule has 0 unspecified atom stereocenters. The molecule has 1 aliphatic carbocycles. The summed E-state index contributed by atoms with van der Waals surface area (Å²) < 4.78 is 0. The SMILES string of the molecule is CCCC1(CC=N)CCCC1. The van der Waals surface area contributed by atoms with Gasteiger partial charge in [-0.3, -0.25) is 0 Å². The molecule has 64 valence electrons. The van der Waals surface area contributed by atoms with Crippen LogP contribution >= 0.6 is 0 Å². The monoisotopic (exact) mass is 153 g/mol. The molecule has 0 spiro atoms. The van der Waals surface area contributed by atoms with Crippen molar-refractivity contribution in [2.24, 2.45) is 5.41 Å². The van der Waals surface area contributed by atoms with Gasteiger partial charge < -0.3 is 5.41 Å². The fourth-order valence-corrected chi connectivity index (χ4v) is 2.43. The zero-order valence-corrected chi connectivity index (χ0v) is 7.53. The zero-order chi connectivity index (χ0) is 8.16. The minimum absolute atomic E-state index is 0.552. The molecule has 1 N–H and O–H groups in total. The van der Waals surface area contributed by atoms with E-state index in [4.69, 9.17) is 5.41 Å². The summed E-state index contributed by atoms with van der Waals surface area (Å²) in [7, 11) is 0. The van der Waals surface area contributed by atoms with Gasteiger partial charge >= 0.3 is 0 Å². The van der Waals surface area contributed by atoms with Gasteiger partial charge in [-0.1, -0.05) is 26.2 Å². The van der Waals surface area contributed by atoms with Crippen molar-refractivity contribution in [3.8, 4) is 0 Å². The lowest BCUT2D eigenvalue weighted by Crippen LogP contribution is -2.16. The van der Waals surface area contributed by atoms with Gasteiger partial charge in [0.05, 0.1) is 0 Å². The topological polar surface area (TPSA) is 23.9 Å².